The van der Waals surface area contributed by atoms with Gasteiger partial charge in [-0.05, 0) is 30.4 Å². The molecular weight excluding hydrogens is 242 g/mol. The van der Waals surface area contributed by atoms with Crippen LogP contribution in [0.4, 0.5) is 0 Å². The number of hydrogen-bond donors (Lipinski definition) is 1. The molecule has 0 spiro atoms. The minimum Gasteiger partial charge on any atom is -0.481 e. The number of rotatable bonds is 3. The van der Waals surface area contributed by atoms with Crippen molar-refractivity contribution in [3.8, 4) is 0 Å². The summed E-state index contributed by atoms with van der Waals surface area (Å²) in [4.78, 5) is 24.9. The van der Waals surface area contributed by atoms with Crippen molar-refractivity contribution in [2.24, 2.45) is 11.8 Å². The molecule has 3 rings (SSSR count). The third kappa shape index (κ3) is 2.01. The minimum absolute atomic E-state index is 0.0193. The topological polar surface area (TPSA) is 57.6 Å². The summed E-state index contributed by atoms with van der Waals surface area (Å²) in [5.74, 6) is -1.64. The maximum atomic E-state index is 12.3. The standard InChI is InChI=1S/C15H17NO3/c1-16(14(17)11-8-12(11)15(18)19)13-7-6-9-4-2-3-5-10(9)13/h2-5,11-13H,6-8H2,1H3,(H,18,19)/t11-,12+,13?/m1/s1. The second kappa shape index (κ2) is 4.37. The first-order valence-corrected chi connectivity index (χ1v) is 6.67. The molecule has 19 heavy (non-hydrogen) atoms. The molecule has 1 saturated carbocycles. The van der Waals surface area contributed by atoms with Gasteiger partial charge in [0, 0.05) is 7.05 Å². The molecule has 2 aliphatic carbocycles. The fourth-order valence-corrected chi connectivity index (χ4v) is 3.09. The van der Waals surface area contributed by atoms with Crippen LogP contribution >= 0.6 is 0 Å². The smallest absolute Gasteiger partial charge is 0.307 e. The Hall–Kier alpha value is -1.84. The van der Waals surface area contributed by atoms with Crippen molar-refractivity contribution in [3.63, 3.8) is 0 Å². The predicted octanol–water partition coefficient (Wildman–Crippen LogP) is 1.85. The normalized spacial score (nSPS) is 27.7. The first-order valence-electron chi connectivity index (χ1n) is 6.67. The average Bonchev–Trinajstić information content (AvgIpc) is 3.10. The van der Waals surface area contributed by atoms with Crippen LogP contribution in [0.5, 0.6) is 0 Å². The number of benzene rings is 1. The van der Waals surface area contributed by atoms with E-state index in [1.165, 1.54) is 11.1 Å². The Kier molecular flexibility index (Phi) is 2.81. The van der Waals surface area contributed by atoms with Crippen LogP contribution in [-0.4, -0.2) is 28.9 Å². The Balaban J connectivity index is 1.74. The van der Waals surface area contributed by atoms with E-state index in [2.05, 4.69) is 12.1 Å². The monoisotopic (exact) mass is 259 g/mol. The second-order valence-electron chi connectivity index (χ2n) is 5.49. The van der Waals surface area contributed by atoms with E-state index in [1.54, 1.807) is 11.9 Å². The molecule has 0 radical (unpaired) electrons. The van der Waals surface area contributed by atoms with Gasteiger partial charge < -0.3 is 10.0 Å². The SMILES string of the molecule is CN(C(=O)[C@@H]1C[C@@H]1C(=O)O)C1CCc2ccccc21. The van der Waals surface area contributed by atoms with Crippen molar-refractivity contribution >= 4 is 11.9 Å². The second-order valence-corrected chi connectivity index (χ2v) is 5.49. The lowest BCUT2D eigenvalue weighted by molar-refractivity contribution is -0.142. The summed E-state index contributed by atoms with van der Waals surface area (Å²) in [7, 11) is 1.80. The van der Waals surface area contributed by atoms with Crippen LogP contribution in [0.1, 0.15) is 30.0 Å². The van der Waals surface area contributed by atoms with Gasteiger partial charge in [-0.2, -0.15) is 0 Å². The average molecular weight is 259 g/mol. The van der Waals surface area contributed by atoms with Crippen molar-refractivity contribution in [1.29, 1.82) is 0 Å². The van der Waals surface area contributed by atoms with Gasteiger partial charge >= 0.3 is 5.97 Å². The van der Waals surface area contributed by atoms with Gasteiger partial charge in [-0.15, -0.1) is 0 Å². The molecular formula is C15H17NO3. The molecule has 1 aromatic rings. The maximum Gasteiger partial charge on any atom is 0.307 e. The van der Waals surface area contributed by atoms with Gasteiger partial charge in [0.25, 0.3) is 0 Å². The molecule has 4 nitrogen and oxygen atoms in total. The molecule has 1 N–H and O–H groups in total. The van der Waals surface area contributed by atoms with E-state index in [-0.39, 0.29) is 17.9 Å². The molecule has 1 amide bonds. The highest BCUT2D eigenvalue weighted by Crippen LogP contribution is 2.43. The molecule has 0 heterocycles. The lowest BCUT2D eigenvalue weighted by atomic mass is 10.1. The number of amides is 1. The maximum absolute atomic E-state index is 12.3. The van der Waals surface area contributed by atoms with Crippen molar-refractivity contribution in [2.75, 3.05) is 7.05 Å². The van der Waals surface area contributed by atoms with Gasteiger partial charge in [-0.1, -0.05) is 24.3 Å². The number of carbonyl (C=O) groups is 2. The first kappa shape index (κ1) is 12.2. The molecule has 1 fully saturated rings. The lowest BCUT2D eigenvalue weighted by Crippen LogP contribution is -2.32. The van der Waals surface area contributed by atoms with Gasteiger partial charge in [0.2, 0.25) is 5.91 Å². The molecule has 0 aromatic heterocycles. The van der Waals surface area contributed by atoms with Crippen molar-refractivity contribution in [3.05, 3.63) is 35.4 Å². The molecule has 1 aromatic carbocycles. The fraction of sp³-hybridized carbons (Fsp3) is 0.467. The van der Waals surface area contributed by atoms with Crippen LogP contribution in [0.3, 0.4) is 0 Å². The third-order valence-electron chi connectivity index (χ3n) is 4.34. The number of fused-ring (bicyclic) bond motifs is 1. The zero-order valence-corrected chi connectivity index (χ0v) is 10.9. The molecule has 1 unspecified atom stereocenters. The Morgan fingerprint density at radius 2 is 2.00 bits per heavy atom. The van der Waals surface area contributed by atoms with E-state index in [0.717, 1.165) is 12.8 Å². The van der Waals surface area contributed by atoms with E-state index < -0.39 is 11.9 Å². The van der Waals surface area contributed by atoms with E-state index in [0.29, 0.717) is 6.42 Å². The van der Waals surface area contributed by atoms with Gasteiger partial charge in [0.05, 0.1) is 17.9 Å². The molecule has 0 bridgehead atoms. The molecule has 2 aliphatic rings. The summed E-state index contributed by atoms with van der Waals surface area (Å²) in [6.07, 6.45) is 2.42. The van der Waals surface area contributed by atoms with E-state index >= 15 is 0 Å². The predicted molar refractivity (Wildman–Crippen MR) is 69.5 cm³/mol. The van der Waals surface area contributed by atoms with Crippen LogP contribution in [-0.2, 0) is 16.0 Å². The van der Waals surface area contributed by atoms with Crippen LogP contribution < -0.4 is 0 Å². The molecule has 3 atom stereocenters. The molecule has 4 heteroatoms. The molecule has 100 valence electrons. The minimum atomic E-state index is -0.849. The number of aliphatic carboxylic acids is 1. The Morgan fingerprint density at radius 3 is 2.68 bits per heavy atom. The number of aryl methyl sites for hydroxylation is 1. The van der Waals surface area contributed by atoms with Gasteiger partial charge in [-0.3, -0.25) is 9.59 Å². The van der Waals surface area contributed by atoms with Crippen molar-refractivity contribution in [1.82, 2.24) is 4.90 Å². The quantitative estimate of drug-likeness (QED) is 0.901. The van der Waals surface area contributed by atoms with E-state index in [4.69, 9.17) is 5.11 Å². The van der Waals surface area contributed by atoms with Crippen LogP contribution in [0.2, 0.25) is 0 Å². The Morgan fingerprint density at radius 1 is 1.26 bits per heavy atom. The zero-order valence-electron chi connectivity index (χ0n) is 10.9. The third-order valence-corrected chi connectivity index (χ3v) is 4.34. The van der Waals surface area contributed by atoms with E-state index in [9.17, 15) is 9.59 Å². The van der Waals surface area contributed by atoms with Crippen molar-refractivity contribution < 1.29 is 14.7 Å². The number of carbonyl (C=O) groups excluding carboxylic acids is 1. The Labute approximate surface area is 112 Å². The van der Waals surface area contributed by atoms with E-state index in [1.807, 2.05) is 12.1 Å². The van der Waals surface area contributed by atoms with Crippen LogP contribution in [0.25, 0.3) is 0 Å². The number of nitrogens with zero attached hydrogens (tertiary/aromatic N) is 1. The lowest BCUT2D eigenvalue weighted by Gasteiger charge is -2.25. The summed E-state index contributed by atoms with van der Waals surface area (Å²) in [5, 5.41) is 8.91. The highest BCUT2D eigenvalue weighted by Gasteiger charge is 2.50. The highest BCUT2D eigenvalue weighted by atomic mass is 16.4. The summed E-state index contributed by atoms with van der Waals surface area (Å²) in [5.41, 5.74) is 2.52. The fourth-order valence-electron chi connectivity index (χ4n) is 3.09. The number of hydrogen-bond acceptors (Lipinski definition) is 2. The largest absolute Gasteiger partial charge is 0.481 e. The summed E-state index contributed by atoms with van der Waals surface area (Å²) >= 11 is 0. The summed E-state index contributed by atoms with van der Waals surface area (Å²) in [6, 6.07) is 8.29. The van der Waals surface area contributed by atoms with Gasteiger partial charge in [0.1, 0.15) is 0 Å². The van der Waals surface area contributed by atoms with Gasteiger partial charge in [0.15, 0.2) is 0 Å². The zero-order chi connectivity index (χ0) is 13.6. The van der Waals surface area contributed by atoms with Crippen LogP contribution in [0.15, 0.2) is 24.3 Å². The highest BCUT2D eigenvalue weighted by molar-refractivity contribution is 5.89. The van der Waals surface area contributed by atoms with Gasteiger partial charge in [-0.25, -0.2) is 0 Å². The molecule has 0 saturated heterocycles. The number of carboxylic acid groups (broad SMARTS) is 1. The Bertz CT molecular complexity index is 540. The summed E-state index contributed by atoms with van der Waals surface area (Å²) in [6.45, 7) is 0. The van der Waals surface area contributed by atoms with Crippen molar-refractivity contribution in [2.45, 2.75) is 25.3 Å². The summed E-state index contributed by atoms with van der Waals surface area (Å²) < 4.78 is 0. The number of carboxylic acids is 1. The molecule has 0 aliphatic heterocycles. The van der Waals surface area contributed by atoms with Crippen LogP contribution in [0, 0.1) is 11.8 Å². The first-order chi connectivity index (χ1) is 9.09.